The van der Waals surface area contributed by atoms with E-state index >= 15 is 0 Å². The summed E-state index contributed by atoms with van der Waals surface area (Å²) in [4.78, 5) is 34.6. The Kier molecular flexibility index (Phi) is 3.02. The first-order valence-corrected chi connectivity index (χ1v) is 4.80. The van der Waals surface area contributed by atoms with Crippen molar-refractivity contribution in [2.45, 2.75) is 26.3 Å². The van der Waals surface area contributed by atoms with Crippen LogP contribution in [0.2, 0.25) is 0 Å². The Balaban J connectivity index is 2.77. The predicted octanol–water partition coefficient (Wildman–Crippen LogP) is 0.348. The number of amides is 3. The molecule has 1 aliphatic heterocycles. The minimum Gasteiger partial charge on any atom is -0.478 e. The van der Waals surface area contributed by atoms with Crippen molar-refractivity contribution in [1.29, 1.82) is 0 Å². The highest BCUT2D eigenvalue weighted by Crippen LogP contribution is 2.16. The molecule has 0 radical (unpaired) electrons. The number of urea groups is 1. The van der Waals surface area contributed by atoms with E-state index < -0.39 is 17.5 Å². The van der Waals surface area contributed by atoms with E-state index in [1.165, 1.54) is 13.0 Å². The molecular formula is C10H14N2O4. The summed E-state index contributed by atoms with van der Waals surface area (Å²) in [6.45, 7) is 4.58. The van der Waals surface area contributed by atoms with Gasteiger partial charge in [0, 0.05) is 12.1 Å². The number of nitrogens with zero attached hydrogens (tertiary/aromatic N) is 1. The van der Waals surface area contributed by atoms with Gasteiger partial charge in [-0.05, 0) is 20.8 Å². The van der Waals surface area contributed by atoms with Crippen LogP contribution in [0.15, 0.2) is 11.6 Å². The van der Waals surface area contributed by atoms with Gasteiger partial charge in [-0.3, -0.25) is 9.69 Å². The summed E-state index contributed by atoms with van der Waals surface area (Å²) in [5.74, 6) is -1.42. The molecule has 1 saturated heterocycles. The lowest BCUT2D eigenvalue weighted by Crippen LogP contribution is -2.40. The minimum atomic E-state index is -1.06. The summed E-state index contributed by atoms with van der Waals surface area (Å²) in [5.41, 5.74) is -0.812. The highest BCUT2D eigenvalue weighted by atomic mass is 16.4. The van der Waals surface area contributed by atoms with Crippen LogP contribution in [0.3, 0.4) is 0 Å². The number of carboxylic acid groups (broad SMARTS) is 1. The zero-order valence-corrected chi connectivity index (χ0v) is 9.40. The van der Waals surface area contributed by atoms with Crippen LogP contribution in [-0.2, 0) is 9.59 Å². The highest BCUT2D eigenvalue weighted by molar-refractivity contribution is 6.06. The molecule has 6 heteroatoms. The van der Waals surface area contributed by atoms with Crippen LogP contribution in [0.4, 0.5) is 4.79 Å². The molecule has 0 unspecified atom stereocenters. The lowest BCUT2D eigenvalue weighted by molar-refractivity contribution is -0.133. The van der Waals surface area contributed by atoms with Gasteiger partial charge in [-0.2, -0.15) is 0 Å². The highest BCUT2D eigenvalue weighted by Gasteiger charge is 2.43. The van der Waals surface area contributed by atoms with E-state index in [2.05, 4.69) is 5.32 Å². The molecule has 1 aliphatic rings. The largest absolute Gasteiger partial charge is 0.478 e. The van der Waals surface area contributed by atoms with Gasteiger partial charge < -0.3 is 10.4 Å². The lowest BCUT2D eigenvalue weighted by Gasteiger charge is -2.14. The van der Waals surface area contributed by atoms with Crippen molar-refractivity contribution >= 4 is 17.9 Å². The molecule has 0 aromatic rings. The Bertz CT molecular complexity index is 384. The Hall–Kier alpha value is -1.85. The van der Waals surface area contributed by atoms with E-state index in [-0.39, 0.29) is 18.0 Å². The summed E-state index contributed by atoms with van der Waals surface area (Å²) in [7, 11) is 0. The quantitative estimate of drug-likeness (QED) is 0.537. The zero-order valence-electron chi connectivity index (χ0n) is 9.40. The summed E-state index contributed by atoms with van der Waals surface area (Å²) in [5, 5.41) is 11.1. The van der Waals surface area contributed by atoms with Gasteiger partial charge in [0.15, 0.2) is 0 Å². The summed E-state index contributed by atoms with van der Waals surface area (Å²) in [6, 6.07) is -0.496. The minimum absolute atomic E-state index is 0.0216. The number of carboxylic acids is 1. The number of hydrogen-bond acceptors (Lipinski definition) is 3. The Morgan fingerprint density at radius 2 is 2.06 bits per heavy atom. The van der Waals surface area contributed by atoms with E-state index in [4.69, 9.17) is 5.11 Å². The average Bonchev–Trinajstić information content (AvgIpc) is 2.34. The Morgan fingerprint density at radius 3 is 2.44 bits per heavy atom. The molecule has 0 bridgehead atoms. The fourth-order valence-corrected chi connectivity index (χ4v) is 1.30. The van der Waals surface area contributed by atoms with E-state index in [0.717, 1.165) is 4.90 Å². The van der Waals surface area contributed by atoms with Crippen molar-refractivity contribution < 1.29 is 19.5 Å². The molecule has 1 heterocycles. The van der Waals surface area contributed by atoms with Crippen LogP contribution >= 0.6 is 0 Å². The monoisotopic (exact) mass is 226 g/mol. The van der Waals surface area contributed by atoms with Crippen LogP contribution in [-0.4, -0.2) is 40.0 Å². The molecule has 3 amide bonds. The van der Waals surface area contributed by atoms with Crippen molar-refractivity contribution in [2.75, 3.05) is 6.54 Å². The van der Waals surface area contributed by atoms with Crippen molar-refractivity contribution in [3.05, 3.63) is 11.6 Å². The number of imide groups is 1. The number of nitrogens with one attached hydrogen (secondary N) is 1. The van der Waals surface area contributed by atoms with Crippen molar-refractivity contribution in [3.8, 4) is 0 Å². The Morgan fingerprint density at radius 1 is 1.50 bits per heavy atom. The third-order valence-corrected chi connectivity index (χ3v) is 2.36. The number of hydrogen-bond donors (Lipinski definition) is 2. The first-order valence-electron chi connectivity index (χ1n) is 4.80. The van der Waals surface area contributed by atoms with Crippen LogP contribution in [0.5, 0.6) is 0 Å². The van der Waals surface area contributed by atoms with Gasteiger partial charge in [0.25, 0.3) is 5.91 Å². The molecule has 1 fully saturated rings. The van der Waals surface area contributed by atoms with Crippen molar-refractivity contribution in [2.24, 2.45) is 0 Å². The number of rotatable bonds is 3. The maximum atomic E-state index is 11.7. The molecule has 16 heavy (non-hydrogen) atoms. The van der Waals surface area contributed by atoms with Gasteiger partial charge in [-0.15, -0.1) is 0 Å². The standard InChI is InChI=1S/C10H14N2O4/c1-6(7(13)14)4-5-12-8(15)10(2,3)11-9(12)16/h4H,5H2,1-3H3,(H,11,16)(H,13,14). The van der Waals surface area contributed by atoms with Gasteiger partial charge in [0.1, 0.15) is 5.54 Å². The molecule has 0 saturated carbocycles. The normalized spacial score (nSPS) is 19.9. The molecular weight excluding hydrogens is 212 g/mol. The van der Waals surface area contributed by atoms with Crippen LogP contribution in [0.1, 0.15) is 20.8 Å². The second-order valence-corrected chi connectivity index (χ2v) is 4.16. The first kappa shape index (κ1) is 12.2. The second-order valence-electron chi connectivity index (χ2n) is 4.16. The van der Waals surface area contributed by atoms with Crippen LogP contribution < -0.4 is 5.32 Å². The number of carbonyl (C=O) groups excluding carboxylic acids is 2. The van der Waals surface area contributed by atoms with Crippen molar-refractivity contribution in [3.63, 3.8) is 0 Å². The van der Waals surface area contributed by atoms with Crippen LogP contribution in [0, 0.1) is 0 Å². The van der Waals surface area contributed by atoms with Gasteiger partial charge in [-0.1, -0.05) is 6.08 Å². The second kappa shape index (κ2) is 3.96. The summed E-state index contributed by atoms with van der Waals surface area (Å²) >= 11 is 0. The Labute approximate surface area is 92.9 Å². The smallest absolute Gasteiger partial charge is 0.331 e. The lowest BCUT2D eigenvalue weighted by atomic mass is 10.1. The number of carbonyl (C=O) groups is 3. The molecule has 2 N–H and O–H groups in total. The summed E-state index contributed by atoms with van der Waals surface area (Å²) in [6.07, 6.45) is 1.33. The molecule has 6 nitrogen and oxygen atoms in total. The molecule has 1 rings (SSSR count). The topological polar surface area (TPSA) is 86.7 Å². The predicted molar refractivity (Wildman–Crippen MR) is 55.7 cm³/mol. The fourth-order valence-electron chi connectivity index (χ4n) is 1.30. The molecule has 0 spiro atoms. The van der Waals surface area contributed by atoms with Gasteiger partial charge in [0.05, 0.1) is 0 Å². The fraction of sp³-hybridized carbons (Fsp3) is 0.500. The van der Waals surface area contributed by atoms with Crippen molar-refractivity contribution in [1.82, 2.24) is 10.2 Å². The molecule has 0 aromatic carbocycles. The number of aliphatic carboxylic acids is 1. The van der Waals surface area contributed by atoms with E-state index in [9.17, 15) is 14.4 Å². The van der Waals surface area contributed by atoms with E-state index in [0.29, 0.717) is 0 Å². The SMILES string of the molecule is CC(=CCN1C(=O)NC(C)(C)C1=O)C(=O)O. The summed E-state index contributed by atoms with van der Waals surface area (Å²) < 4.78 is 0. The molecule has 0 atom stereocenters. The zero-order chi connectivity index (χ0) is 12.5. The third kappa shape index (κ3) is 2.21. The van der Waals surface area contributed by atoms with Gasteiger partial charge in [-0.25, -0.2) is 9.59 Å². The third-order valence-electron chi connectivity index (χ3n) is 2.36. The van der Waals surface area contributed by atoms with E-state index in [1.807, 2.05) is 0 Å². The van der Waals surface area contributed by atoms with Gasteiger partial charge in [0.2, 0.25) is 0 Å². The molecule has 0 aliphatic carbocycles. The van der Waals surface area contributed by atoms with Gasteiger partial charge >= 0.3 is 12.0 Å². The maximum absolute atomic E-state index is 11.7. The molecule has 88 valence electrons. The van der Waals surface area contributed by atoms with Crippen LogP contribution in [0.25, 0.3) is 0 Å². The maximum Gasteiger partial charge on any atom is 0.331 e. The molecule has 0 aromatic heterocycles. The van der Waals surface area contributed by atoms with E-state index in [1.54, 1.807) is 13.8 Å². The average molecular weight is 226 g/mol. The first-order chi connectivity index (χ1) is 7.25.